The van der Waals surface area contributed by atoms with E-state index in [4.69, 9.17) is 9.84 Å². The number of aryl methyl sites for hydroxylation is 1. The average molecular weight is 901 g/mol. The van der Waals surface area contributed by atoms with Crippen molar-refractivity contribution in [2.75, 3.05) is 62.7 Å². The number of halogens is 2. The number of ether oxygens (including phenoxy) is 1. The van der Waals surface area contributed by atoms with Gasteiger partial charge in [-0.2, -0.15) is 5.10 Å². The van der Waals surface area contributed by atoms with Gasteiger partial charge in [-0.25, -0.2) is 13.8 Å². The number of carbonyl (C=O) groups excluding carboxylic acids is 3. The monoisotopic (exact) mass is 900 g/mol. The van der Waals surface area contributed by atoms with Gasteiger partial charge in [-0.15, -0.1) is 0 Å². The fourth-order valence-electron chi connectivity index (χ4n) is 12.2. The quantitative estimate of drug-likeness (QED) is 0.137. The second-order valence-corrected chi connectivity index (χ2v) is 19.6. The fraction of sp³-hybridized carbons (Fsp3) is 0.500. The topological polar surface area (TPSA) is 127 Å². The van der Waals surface area contributed by atoms with E-state index in [1.54, 1.807) is 19.2 Å². The molecule has 2 atom stereocenters. The predicted octanol–water partition coefficient (Wildman–Crippen LogP) is 6.82. The van der Waals surface area contributed by atoms with Crippen molar-refractivity contribution in [3.05, 3.63) is 94.1 Å². The summed E-state index contributed by atoms with van der Waals surface area (Å²) < 4.78 is 41.3. The molecule has 0 radical (unpaired) electrons. The van der Waals surface area contributed by atoms with Crippen LogP contribution in [0, 0.1) is 0 Å². The number of epoxide rings is 1. The normalized spacial score (nSPS) is 24.1. The summed E-state index contributed by atoms with van der Waals surface area (Å²) in [6.45, 7) is 8.05. The highest BCUT2D eigenvalue weighted by molar-refractivity contribution is 6.00. The first-order chi connectivity index (χ1) is 32.0. The van der Waals surface area contributed by atoms with Gasteiger partial charge in [0.25, 0.3) is 6.43 Å². The summed E-state index contributed by atoms with van der Waals surface area (Å²) in [4.78, 5) is 53.2. The van der Waals surface area contributed by atoms with Crippen LogP contribution in [0.25, 0.3) is 16.8 Å². The number of alkyl halides is 2. The number of fused-ring (bicyclic) bond motifs is 5. The van der Waals surface area contributed by atoms with Gasteiger partial charge in [0.2, 0.25) is 17.7 Å². The van der Waals surface area contributed by atoms with E-state index >= 15 is 8.78 Å². The molecule has 4 saturated heterocycles. The first-order valence-corrected chi connectivity index (χ1v) is 23.9. The number of aromatic nitrogens is 4. The van der Waals surface area contributed by atoms with E-state index < -0.39 is 18.2 Å². The summed E-state index contributed by atoms with van der Waals surface area (Å²) in [5, 5.41) is 7.94. The molecule has 0 saturated carbocycles. The lowest BCUT2D eigenvalue weighted by Gasteiger charge is -2.35. The summed E-state index contributed by atoms with van der Waals surface area (Å²) in [5.41, 5.74) is 9.96. The highest BCUT2D eigenvalue weighted by Crippen LogP contribution is 2.52. The van der Waals surface area contributed by atoms with Gasteiger partial charge in [-0.3, -0.25) is 29.3 Å². The van der Waals surface area contributed by atoms with E-state index in [0.717, 1.165) is 127 Å². The summed E-state index contributed by atoms with van der Waals surface area (Å²) in [6, 6.07) is 14.1. The van der Waals surface area contributed by atoms with Gasteiger partial charge in [-0.1, -0.05) is 6.07 Å². The van der Waals surface area contributed by atoms with Gasteiger partial charge in [-0.05, 0) is 124 Å². The second-order valence-electron chi connectivity index (χ2n) is 19.6. The Bertz CT molecular complexity index is 2790. The number of hydrogen-bond donors (Lipinski definition) is 1. The van der Waals surface area contributed by atoms with Crippen molar-refractivity contribution >= 4 is 40.6 Å². The molecule has 7 aliphatic rings. The summed E-state index contributed by atoms with van der Waals surface area (Å²) in [7, 11) is 2.15. The number of imide groups is 1. The van der Waals surface area contributed by atoms with Crippen LogP contribution in [0.5, 0.6) is 0 Å². The van der Waals surface area contributed by atoms with Crippen LogP contribution in [0.2, 0.25) is 0 Å². The van der Waals surface area contributed by atoms with Crippen molar-refractivity contribution < 1.29 is 29.3 Å². The van der Waals surface area contributed by atoms with Crippen LogP contribution in [0.3, 0.4) is 0 Å². The zero-order valence-corrected chi connectivity index (χ0v) is 37.6. The maximum Gasteiger partial charge on any atom is 0.264 e. The van der Waals surface area contributed by atoms with Crippen LogP contribution in [-0.4, -0.2) is 111 Å². The third kappa shape index (κ3) is 6.92. The Balaban J connectivity index is 0.00000494. The number of hydrogen-bond acceptors (Lipinski definition) is 10. The lowest BCUT2D eigenvalue weighted by molar-refractivity contribution is -0.140. The first-order valence-electron chi connectivity index (χ1n) is 23.9. The van der Waals surface area contributed by atoms with Gasteiger partial charge >= 0.3 is 0 Å². The zero-order chi connectivity index (χ0) is 45.0. The van der Waals surface area contributed by atoms with Crippen molar-refractivity contribution in [3.8, 4) is 11.1 Å². The molecule has 10 heterocycles. The van der Waals surface area contributed by atoms with Crippen LogP contribution >= 0.6 is 0 Å². The van der Waals surface area contributed by atoms with Gasteiger partial charge in [0.1, 0.15) is 5.65 Å². The molecular formula is C50H58F2N10O4. The lowest BCUT2D eigenvalue weighted by Crippen LogP contribution is -2.53. The van der Waals surface area contributed by atoms with E-state index in [-0.39, 0.29) is 30.8 Å². The number of benzene rings is 2. The molecule has 5 aromatic rings. The largest absolute Gasteiger partial charge is 0.371 e. The van der Waals surface area contributed by atoms with E-state index in [1.807, 2.05) is 23.2 Å². The molecule has 0 aliphatic carbocycles. The van der Waals surface area contributed by atoms with Crippen LogP contribution in [0.4, 0.5) is 26.0 Å². The minimum atomic E-state index is -2.69. The van der Waals surface area contributed by atoms with E-state index in [2.05, 4.69) is 70.3 Å². The van der Waals surface area contributed by atoms with Crippen molar-refractivity contribution in [1.82, 2.24) is 39.2 Å². The highest BCUT2D eigenvalue weighted by Gasteiger charge is 2.60. The van der Waals surface area contributed by atoms with Gasteiger partial charge in [0.05, 0.1) is 25.2 Å². The number of amides is 3. The summed E-state index contributed by atoms with van der Waals surface area (Å²) in [6.07, 6.45) is 7.93. The molecule has 0 bridgehead atoms. The fourth-order valence-corrected chi connectivity index (χ4v) is 12.2. The molecule has 14 nitrogen and oxygen atoms in total. The van der Waals surface area contributed by atoms with Crippen LogP contribution in [-0.2, 0) is 50.8 Å². The molecule has 3 aromatic heterocycles. The molecule has 12 rings (SSSR count). The second kappa shape index (κ2) is 16.0. The maximum absolute atomic E-state index is 15.5. The molecule has 2 unspecified atom stereocenters. The molecule has 16 heteroatoms. The molecule has 346 valence electrons. The van der Waals surface area contributed by atoms with E-state index in [1.165, 1.54) is 0 Å². The van der Waals surface area contributed by atoms with Crippen LogP contribution in [0.15, 0.2) is 54.9 Å². The Labute approximate surface area is 383 Å². The highest BCUT2D eigenvalue weighted by atomic mass is 19.3. The van der Waals surface area contributed by atoms with Crippen molar-refractivity contribution in [2.45, 2.75) is 108 Å². The summed E-state index contributed by atoms with van der Waals surface area (Å²) in [5.74, 6) is 0.626. The van der Waals surface area contributed by atoms with E-state index in [0.29, 0.717) is 63.5 Å². The summed E-state index contributed by atoms with van der Waals surface area (Å²) >= 11 is 0. The molecule has 3 amide bonds. The third-order valence-electron chi connectivity index (χ3n) is 15.8. The number of nitrogens with one attached hydrogen (secondary N) is 1. The minimum absolute atomic E-state index is 0. The van der Waals surface area contributed by atoms with Crippen LogP contribution < -0.4 is 15.1 Å². The maximum atomic E-state index is 15.5. The van der Waals surface area contributed by atoms with Gasteiger partial charge in [0.15, 0.2) is 11.5 Å². The van der Waals surface area contributed by atoms with Crippen molar-refractivity contribution in [2.24, 2.45) is 0 Å². The van der Waals surface area contributed by atoms with Gasteiger partial charge in [0, 0.05) is 112 Å². The molecule has 1 spiro atoms. The molecule has 1 N–H and O–H groups in total. The Kier molecular flexibility index (Phi) is 10.1. The first kappa shape index (κ1) is 41.7. The number of pyridine rings is 1. The van der Waals surface area contributed by atoms with Crippen molar-refractivity contribution in [1.29, 1.82) is 0 Å². The van der Waals surface area contributed by atoms with Crippen molar-refractivity contribution in [3.63, 3.8) is 0 Å². The number of likely N-dealkylation sites (tertiary alicyclic amines) is 1. The van der Waals surface area contributed by atoms with Crippen LogP contribution in [0.1, 0.15) is 111 Å². The third-order valence-corrected chi connectivity index (χ3v) is 15.8. The Hall–Kier alpha value is -5.71. The number of nitrogens with zero attached hydrogens (tertiary/aromatic N) is 9. The number of rotatable bonds is 7. The average Bonchev–Trinajstić information content (AvgIpc) is 3.65. The molecule has 66 heavy (non-hydrogen) atoms. The Morgan fingerprint density at radius 1 is 0.924 bits per heavy atom. The SMILES string of the molecule is CC(=O)N1CCc2c(c(N3CCCc4cc(-c5cc(C6CCN(C)CC6)n6ccnc6c5)c(C(F)F)cc43)nn2C2CCN(c3ccc4c(c3)CN(C3CCC(=O)NC3=O)C43CO3)CC2)C1.[HH]. The number of piperidine rings is 3. The predicted molar refractivity (Wildman–Crippen MR) is 246 cm³/mol. The Morgan fingerprint density at radius 2 is 1.74 bits per heavy atom. The van der Waals surface area contributed by atoms with Gasteiger partial charge < -0.3 is 28.7 Å². The molecule has 7 aliphatic heterocycles. The van der Waals surface area contributed by atoms with E-state index in [9.17, 15) is 14.4 Å². The number of imidazole rings is 1. The standard InChI is InChI=1S/C50H56F2N10O4.H2/c1-30(63)58-20-13-41-39(28-58)48(55-62(41)35-11-18-57(19-12-35)36-5-6-40-34(22-36)27-61(50(40)29-66-50)42-7-8-46(64)54-49(42)65)60-15-3-4-32-23-37(38(47(51)52)26-44(32)60)33-24-43(31-9-16-56(2)17-10-31)59-21-14-53-45(59)25-33;/h5-6,14,21-26,31,35,42,47H,3-4,7-13,15-20,27-29H2,1-2H3,(H,54,64,65);1H. The zero-order valence-electron chi connectivity index (χ0n) is 37.6. The smallest absolute Gasteiger partial charge is 0.264 e. The number of anilines is 3. The molecule has 4 fully saturated rings. The minimum Gasteiger partial charge on any atom is -0.371 e. The molecular weight excluding hydrogens is 843 g/mol. The molecule has 2 aromatic carbocycles. The Morgan fingerprint density at radius 3 is 2.50 bits per heavy atom. The number of carbonyl (C=O) groups is 3. The lowest BCUT2D eigenvalue weighted by atomic mass is 9.89.